The number of carbonyl (C=O) groups is 2. The highest BCUT2D eigenvalue weighted by molar-refractivity contribution is 5.88. The van der Waals surface area contributed by atoms with Crippen LogP contribution in [0.3, 0.4) is 0 Å². The second-order valence-electron chi connectivity index (χ2n) is 6.09. The van der Waals surface area contributed by atoms with Gasteiger partial charge in [-0.25, -0.2) is 0 Å². The monoisotopic (exact) mass is 297 g/mol. The van der Waals surface area contributed by atoms with Crippen molar-refractivity contribution in [1.82, 2.24) is 15.5 Å². The van der Waals surface area contributed by atoms with Gasteiger partial charge in [-0.2, -0.15) is 0 Å². The minimum absolute atomic E-state index is 0.0320. The number of ether oxygens (including phenoxy) is 1. The molecule has 6 heteroatoms. The summed E-state index contributed by atoms with van der Waals surface area (Å²) in [6.45, 7) is 3.80. The smallest absolute Gasteiger partial charge is 0.241 e. The third-order valence-electron chi connectivity index (χ3n) is 4.57. The summed E-state index contributed by atoms with van der Waals surface area (Å²) < 4.78 is 5.24. The Bertz CT molecular complexity index is 356. The molecule has 2 saturated heterocycles. The van der Waals surface area contributed by atoms with Crippen LogP contribution in [0.15, 0.2) is 0 Å². The Morgan fingerprint density at radius 1 is 1.19 bits per heavy atom. The number of methoxy groups -OCH3 is 1. The molecule has 0 aliphatic carbocycles. The maximum absolute atomic E-state index is 12.5. The van der Waals surface area contributed by atoms with Crippen molar-refractivity contribution in [2.75, 3.05) is 46.4 Å². The van der Waals surface area contributed by atoms with Crippen molar-refractivity contribution in [3.63, 3.8) is 0 Å². The van der Waals surface area contributed by atoms with Crippen LogP contribution in [0.5, 0.6) is 0 Å². The molecular weight excluding hydrogens is 270 g/mol. The van der Waals surface area contributed by atoms with Crippen molar-refractivity contribution in [3.8, 4) is 0 Å². The van der Waals surface area contributed by atoms with E-state index >= 15 is 0 Å². The number of carbonyl (C=O) groups excluding carboxylic acids is 2. The Kier molecular flexibility index (Phi) is 5.99. The van der Waals surface area contributed by atoms with Gasteiger partial charge in [0.25, 0.3) is 0 Å². The van der Waals surface area contributed by atoms with Gasteiger partial charge in [0.2, 0.25) is 11.8 Å². The first-order valence-electron chi connectivity index (χ1n) is 7.94. The fourth-order valence-electron chi connectivity index (χ4n) is 3.22. The van der Waals surface area contributed by atoms with Crippen molar-refractivity contribution in [2.45, 2.75) is 32.1 Å². The highest BCUT2D eigenvalue weighted by atomic mass is 16.5. The third-order valence-corrected chi connectivity index (χ3v) is 4.57. The van der Waals surface area contributed by atoms with Crippen LogP contribution in [0, 0.1) is 5.41 Å². The van der Waals surface area contributed by atoms with E-state index < -0.39 is 5.41 Å². The van der Waals surface area contributed by atoms with E-state index in [1.807, 2.05) is 4.90 Å². The number of hydrogen-bond acceptors (Lipinski definition) is 4. The maximum Gasteiger partial charge on any atom is 0.241 e. The summed E-state index contributed by atoms with van der Waals surface area (Å²) in [6, 6.07) is 0. The molecule has 0 atom stereocenters. The first kappa shape index (κ1) is 16.2. The number of nitrogens with zero attached hydrogens (tertiary/aromatic N) is 1. The zero-order valence-electron chi connectivity index (χ0n) is 13.0. The molecule has 2 aliphatic heterocycles. The predicted octanol–water partition coefficient (Wildman–Crippen LogP) is 0.131. The average molecular weight is 297 g/mol. The largest absolute Gasteiger partial charge is 0.384 e. The fraction of sp³-hybridized carbons (Fsp3) is 0.867. The minimum Gasteiger partial charge on any atom is -0.384 e. The first-order valence-corrected chi connectivity index (χ1v) is 7.94. The van der Waals surface area contributed by atoms with E-state index in [1.165, 1.54) is 6.42 Å². The average Bonchev–Trinajstić information content (AvgIpc) is 2.54. The van der Waals surface area contributed by atoms with Gasteiger partial charge in [0.1, 0.15) is 0 Å². The number of piperidine rings is 2. The van der Waals surface area contributed by atoms with Crippen molar-refractivity contribution >= 4 is 11.8 Å². The Hall–Kier alpha value is -1.14. The number of likely N-dealkylation sites (tertiary alicyclic amines) is 1. The lowest BCUT2D eigenvalue weighted by molar-refractivity contribution is -0.140. The molecule has 2 fully saturated rings. The van der Waals surface area contributed by atoms with E-state index in [1.54, 1.807) is 7.11 Å². The standard InChI is InChI=1S/C15H27N3O3/c1-21-12-15(5-7-16-8-6-15)14(20)17-11-13(19)18-9-3-2-4-10-18/h16H,2-12H2,1H3,(H,17,20). The summed E-state index contributed by atoms with van der Waals surface area (Å²) in [5.41, 5.74) is -0.484. The summed E-state index contributed by atoms with van der Waals surface area (Å²) in [4.78, 5) is 26.5. The van der Waals surface area contributed by atoms with Crippen LogP contribution in [0.4, 0.5) is 0 Å². The molecule has 0 radical (unpaired) electrons. The quantitative estimate of drug-likeness (QED) is 0.757. The van der Waals surface area contributed by atoms with Crippen LogP contribution in [0.1, 0.15) is 32.1 Å². The number of rotatable bonds is 5. The molecule has 6 nitrogen and oxygen atoms in total. The van der Waals surface area contributed by atoms with Crippen molar-refractivity contribution in [1.29, 1.82) is 0 Å². The van der Waals surface area contributed by atoms with Crippen molar-refractivity contribution in [3.05, 3.63) is 0 Å². The van der Waals surface area contributed by atoms with Crippen molar-refractivity contribution < 1.29 is 14.3 Å². The summed E-state index contributed by atoms with van der Waals surface area (Å²) in [6.07, 6.45) is 4.84. The molecule has 0 saturated carbocycles. The van der Waals surface area contributed by atoms with Gasteiger partial charge >= 0.3 is 0 Å². The summed E-state index contributed by atoms with van der Waals surface area (Å²) in [5, 5.41) is 6.10. The number of hydrogen-bond donors (Lipinski definition) is 2. The SMILES string of the molecule is COCC1(C(=O)NCC(=O)N2CCCCC2)CCNCC1. The van der Waals surface area contributed by atoms with Gasteiger partial charge in [0.15, 0.2) is 0 Å². The molecule has 2 heterocycles. The zero-order chi connectivity index (χ0) is 15.1. The van der Waals surface area contributed by atoms with Crippen LogP contribution >= 0.6 is 0 Å². The Morgan fingerprint density at radius 3 is 2.48 bits per heavy atom. The highest BCUT2D eigenvalue weighted by Crippen LogP contribution is 2.29. The van der Waals surface area contributed by atoms with Crippen LogP contribution in [-0.4, -0.2) is 63.2 Å². The van der Waals surface area contributed by atoms with Gasteiger partial charge in [-0.05, 0) is 45.2 Å². The lowest BCUT2D eigenvalue weighted by Crippen LogP contribution is -2.52. The zero-order valence-corrected chi connectivity index (χ0v) is 13.0. The van der Waals surface area contributed by atoms with E-state index in [0.717, 1.165) is 51.9 Å². The Balaban J connectivity index is 1.85. The normalized spacial score (nSPS) is 21.9. The van der Waals surface area contributed by atoms with Gasteiger partial charge < -0.3 is 20.3 Å². The number of amides is 2. The molecule has 2 amide bonds. The lowest BCUT2D eigenvalue weighted by atomic mass is 9.78. The van der Waals surface area contributed by atoms with E-state index in [2.05, 4.69) is 10.6 Å². The molecule has 0 bridgehead atoms. The van der Waals surface area contributed by atoms with Crippen molar-refractivity contribution in [2.24, 2.45) is 5.41 Å². The predicted molar refractivity (Wildman–Crippen MR) is 79.9 cm³/mol. The molecule has 0 aromatic heterocycles. The van der Waals surface area contributed by atoms with Crippen LogP contribution < -0.4 is 10.6 Å². The summed E-state index contributed by atoms with van der Waals surface area (Å²) in [7, 11) is 1.62. The van der Waals surface area contributed by atoms with Crippen LogP contribution in [0.25, 0.3) is 0 Å². The van der Waals surface area contributed by atoms with Gasteiger partial charge in [0.05, 0.1) is 18.6 Å². The second kappa shape index (κ2) is 7.75. The highest BCUT2D eigenvalue weighted by Gasteiger charge is 2.39. The number of nitrogens with one attached hydrogen (secondary N) is 2. The molecule has 2 N–H and O–H groups in total. The molecule has 21 heavy (non-hydrogen) atoms. The maximum atomic E-state index is 12.5. The Labute approximate surface area is 126 Å². The lowest BCUT2D eigenvalue weighted by Gasteiger charge is -2.35. The van der Waals surface area contributed by atoms with E-state index in [9.17, 15) is 9.59 Å². The van der Waals surface area contributed by atoms with Gasteiger partial charge in [-0.1, -0.05) is 0 Å². The first-order chi connectivity index (χ1) is 10.2. The fourth-order valence-corrected chi connectivity index (χ4v) is 3.22. The van der Waals surface area contributed by atoms with E-state index in [4.69, 9.17) is 4.74 Å². The third kappa shape index (κ3) is 4.17. The van der Waals surface area contributed by atoms with Gasteiger partial charge in [0, 0.05) is 20.2 Å². The molecule has 0 unspecified atom stereocenters. The molecule has 0 aromatic carbocycles. The molecular formula is C15H27N3O3. The van der Waals surface area contributed by atoms with Crippen LogP contribution in [-0.2, 0) is 14.3 Å². The summed E-state index contributed by atoms with van der Waals surface area (Å²) >= 11 is 0. The molecule has 0 spiro atoms. The van der Waals surface area contributed by atoms with Crippen LogP contribution in [0.2, 0.25) is 0 Å². The van der Waals surface area contributed by atoms with Gasteiger partial charge in [-0.3, -0.25) is 9.59 Å². The Morgan fingerprint density at radius 2 is 1.86 bits per heavy atom. The molecule has 120 valence electrons. The molecule has 0 aromatic rings. The second-order valence-corrected chi connectivity index (χ2v) is 6.09. The van der Waals surface area contributed by atoms with E-state index in [-0.39, 0.29) is 18.4 Å². The minimum atomic E-state index is -0.484. The molecule has 2 aliphatic rings. The summed E-state index contributed by atoms with van der Waals surface area (Å²) in [5.74, 6) is -0.0132. The topological polar surface area (TPSA) is 70.7 Å². The van der Waals surface area contributed by atoms with E-state index in [0.29, 0.717) is 6.61 Å². The van der Waals surface area contributed by atoms with Gasteiger partial charge in [-0.15, -0.1) is 0 Å². The molecule has 2 rings (SSSR count).